The summed E-state index contributed by atoms with van der Waals surface area (Å²) in [6.45, 7) is 0.417. The Morgan fingerprint density at radius 2 is 1.75 bits per heavy atom. The van der Waals surface area contributed by atoms with Crippen LogP contribution in [0.25, 0.3) is 0 Å². The Labute approximate surface area is 146 Å². The highest BCUT2D eigenvalue weighted by Gasteiger charge is 2.31. The van der Waals surface area contributed by atoms with Crippen LogP contribution in [0.4, 0.5) is 0 Å². The van der Waals surface area contributed by atoms with Crippen LogP contribution in [0.2, 0.25) is 10.0 Å². The van der Waals surface area contributed by atoms with Crippen molar-refractivity contribution in [3.63, 3.8) is 0 Å². The minimum atomic E-state index is -5.08. The van der Waals surface area contributed by atoms with Crippen molar-refractivity contribution in [2.24, 2.45) is 0 Å². The maximum Gasteiger partial charge on any atom is 0.313 e. The molecule has 1 aromatic rings. The average molecular weight is 421 g/mol. The number of hydroxylamine groups is 1. The Bertz CT molecular complexity index is 907. The molecule has 134 valence electrons. The Balaban J connectivity index is 2.75. The van der Waals surface area contributed by atoms with Crippen LogP contribution in [-0.2, 0) is 25.0 Å². The first-order chi connectivity index (χ1) is 10.9. The molecule has 0 amide bonds. The van der Waals surface area contributed by atoms with Crippen LogP contribution in [-0.4, -0.2) is 61.1 Å². The van der Waals surface area contributed by atoms with Gasteiger partial charge in [-0.25, -0.2) is 9.72 Å². The molecule has 0 radical (unpaired) electrons. The molecule has 2 N–H and O–H groups in total. The topological polar surface area (TPSA) is 157 Å². The third-order valence-corrected chi connectivity index (χ3v) is 5.61. The monoisotopic (exact) mass is 420 g/mol. The lowest BCUT2D eigenvalue weighted by molar-refractivity contribution is -0.493. The van der Waals surface area contributed by atoms with Gasteiger partial charge in [0, 0.05) is 6.42 Å². The van der Waals surface area contributed by atoms with Crippen molar-refractivity contribution in [2.45, 2.75) is 22.5 Å². The highest BCUT2D eigenvalue weighted by molar-refractivity contribution is 7.86. The lowest BCUT2D eigenvalue weighted by Crippen LogP contribution is -2.24. The third kappa shape index (κ3) is 3.96. The molecule has 2 rings (SSSR count). The van der Waals surface area contributed by atoms with E-state index in [1.54, 1.807) is 0 Å². The van der Waals surface area contributed by atoms with Crippen LogP contribution in [0.5, 0.6) is 0 Å². The molecule has 1 atom stereocenters. The molecule has 1 fully saturated rings. The number of halogens is 2. The first kappa shape index (κ1) is 19.3. The minimum absolute atomic E-state index is 0.0864. The standard InChI is InChI=1S/C10H10Cl2N2O8S2/c11-7-6(3-14(15)5-1-2-22-4-5)9(23(16,17)18)13-10(8(7)12)24(19,20)21/h3,5H,1-2,4H2,(H,16,17,18)(H,19,20,21). The van der Waals surface area contributed by atoms with E-state index in [2.05, 4.69) is 4.98 Å². The maximum absolute atomic E-state index is 12.0. The van der Waals surface area contributed by atoms with Gasteiger partial charge in [-0.15, -0.1) is 0 Å². The molecule has 1 aromatic heterocycles. The van der Waals surface area contributed by atoms with Gasteiger partial charge in [0.25, 0.3) is 0 Å². The van der Waals surface area contributed by atoms with Gasteiger partial charge in [-0.3, -0.25) is 9.11 Å². The average Bonchev–Trinajstić information content (AvgIpc) is 2.95. The summed E-state index contributed by atoms with van der Waals surface area (Å²) >= 11 is 11.5. The van der Waals surface area contributed by atoms with Crippen molar-refractivity contribution < 1.29 is 35.4 Å². The number of hydrogen-bond donors (Lipinski definition) is 2. The lowest BCUT2D eigenvalue weighted by Gasteiger charge is -2.12. The van der Waals surface area contributed by atoms with E-state index in [-0.39, 0.29) is 6.61 Å². The molecule has 0 saturated carbocycles. The smallest absolute Gasteiger partial charge is 0.313 e. The second kappa shape index (κ2) is 6.71. The van der Waals surface area contributed by atoms with E-state index in [1.807, 2.05) is 0 Å². The molecule has 0 aliphatic carbocycles. The quantitative estimate of drug-likeness (QED) is 0.234. The molecule has 1 aliphatic heterocycles. The summed E-state index contributed by atoms with van der Waals surface area (Å²) in [5, 5.41) is 8.07. The van der Waals surface area contributed by atoms with Crippen molar-refractivity contribution in [1.29, 1.82) is 0 Å². The first-order valence-electron chi connectivity index (χ1n) is 6.15. The summed E-state index contributed by atoms with van der Waals surface area (Å²) in [4.78, 5) is 3.13. The second-order valence-electron chi connectivity index (χ2n) is 4.72. The van der Waals surface area contributed by atoms with Crippen LogP contribution in [0.3, 0.4) is 0 Å². The van der Waals surface area contributed by atoms with Crippen LogP contribution < -0.4 is 0 Å². The SMILES string of the molecule is O=S(=O)(O)c1nc(S(=O)(=O)O)c(C=[N+]([O-])C2CCOC2)c(Cl)c1Cl. The largest absolute Gasteiger partial charge is 0.624 e. The van der Waals surface area contributed by atoms with E-state index in [0.717, 1.165) is 0 Å². The number of nitrogens with zero attached hydrogens (tertiary/aromatic N) is 2. The molecule has 24 heavy (non-hydrogen) atoms. The highest BCUT2D eigenvalue weighted by Crippen LogP contribution is 2.33. The fourth-order valence-corrected chi connectivity index (χ4v) is 3.95. The zero-order valence-corrected chi connectivity index (χ0v) is 14.7. The molecule has 14 heteroatoms. The second-order valence-corrected chi connectivity index (χ2v) is 8.15. The van der Waals surface area contributed by atoms with Gasteiger partial charge >= 0.3 is 20.2 Å². The number of rotatable bonds is 4. The maximum atomic E-state index is 12.0. The molecule has 2 heterocycles. The van der Waals surface area contributed by atoms with Crippen LogP contribution in [0.15, 0.2) is 10.1 Å². The number of ether oxygens (including phenoxy) is 1. The van der Waals surface area contributed by atoms with E-state index in [9.17, 15) is 26.6 Å². The van der Waals surface area contributed by atoms with Crippen molar-refractivity contribution in [3.05, 3.63) is 20.8 Å². The van der Waals surface area contributed by atoms with Crippen LogP contribution >= 0.6 is 23.2 Å². The van der Waals surface area contributed by atoms with Crippen molar-refractivity contribution >= 4 is 49.7 Å². The van der Waals surface area contributed by atoms with Crippen molar-refractivity contribution in [2.75, 3.05) is 13.2 Å². The van der Waals surface area contributed by atoms with E-state index < -0.39 is 51.9 Å². The Kier molecular flexibility index (Phi) is 5.40. The van der Waals surface area contributed by atoms with Crippen molar-refractivity contribution in [1.82, 2.24) is 4.98 Å². The first-order valence-corrected chi connectivity index (χ1v) is 9.78. The van der Waals surface area contributed by atoms with Gasteiger partial charge in [0.05, 0.1) is 17.2 Å². The molecular weight excluding hydrogens is 411 g/mol. The molecule has 10 nitrogen and oxygen atoms in total. The van der Waals surface area contributed by atoms with Crippen LogP contribution in [0.1, 0.15) is 12.0 Å². The van der Waals surface area contributed by atoms with Crippen LogP contribution in [0, 0.1) is 5.21 Å². The van der Waals surface area contributed by atoms with Gasteiger partial charge in [0.2, 0.25) is 5.03 Å². The molecule has 1 aliphatic rings. The summed E-state index contributed by atoms with van der Waals surface area (Å²) in [6.07, 6.45) is 1.07. The minimum Gasteiger partial charge on any atom is -0.624 e. The number of hydrogen-bond acceptors (Lipinski definition) is 7. The molecule has 1 unspecified atom stereocenters. The highest BCUT2D eigenvalue weighted by atomic mass is 35.5. The Morgan fingerprint density at radius 1 is 1.17 bits per heavy atom. The van der Waals surface area contributed by atoms with Crippen molar-refractivity contribution in [3.8, 4) is 0 Å². The summed E-state index contributed by atoms with van der Waals surface area (Å²) in [5.74, 6) is 0. The van der Waals surface area contributed by atoms with Gasteiger partial charge < -0.3 is 9.94 Å². The van der Waals surface area contributed by atoms with Gasteiger partial charge in [-0.2, -0.15) is 16.8 Å². The summed E-state index contributed by atoms with van der Waals surface area (Å²) in [5.41, 5.74) is -0.613. The van der Waals surface area contributed by atoms with Gasteiger partial charge in [0.15, 0.2) is 17.3 Å². The fraction of sp³-hybridized carbons (Fsp3) is 0.400. The zero-order chi connectivity index (χ0) is 18.3. The molecule has 0 spiro atoms. The Hall–Kier alpha value is -1.02. The van der Waals surface area contributed by atoms with Gasteiger partial charge in [-0.1, -0.05) is 23.2 Å². The van der Waals surface area contributed by atoms with Gasteiger partial charge in [0.1, 0.15) is 11.6 Å². The normalized spacial score (nSPS) is 19.7. The predicted molar refractivity (Wildman–Crippen MR) is 81.9 cm³/mol. The third-order valence-electron chi connectivity index (χ3n) is 3.06. The molecule has 1 saturated heterocycles. The van der Waals surface area contributed by atoms with E-state index in [0.29, 0.717) is 24.0 Å². The molecule has 0 aromatic carbocycles. The van der Waals surface area contributed by atoms with E-state index >= 15 is 0 Å². The summed E-state index contributed by atoms with van der Waals surface area (Å²) in [6, 6.07) is -0.629. The number of pyridine rings is 1. The summed E-state index contributed by atoms with van der Waals surface area (Å²) < 4.78 is 68.9. The Morgan fingerprint density at radius 3 is 2.21 bits per heavy atom. The molecule has 0 bridgehead atoms. The fourth-order valence-electron chi connectivity index (χ4n) is 1.94. The van der Waals surface area contributed by atoms with E-state index in [4.69, 9.17) is 32.5 Å². The van der Waals surface area contributed by atoms with E-state index in [1.165, 1.54) is 0 Å². The molecular formula is C10H10Cl2N2O8S2. The summed E-state index contributed by atoms with van der Waals surface area (Å²) in [7, 11) is -10.1. The van der Waals surface area contributed by atoms with Gasteiger partial charge in [-0.05, 0) is 0 Å². The predicted octanol–water partition coefficient (Wildman–Crippen LogP) is 0.600. The number of aromatic nitrogens is 1. The lowest BCUT2D eigenvalue weighted by atomic mass is 10.2. The zero-order valence-electron chi connectivity index (χ0n) is 11.6.